The predicted octanol–water partition coefficient (Wildman–Crippen LogP) is 0.191. The monoisotopic (exact) mass is 278 g/mol. The highest BCUT2D eigenvalue weighted by atomic mass is 32.2. The predicted molar refractivity (Wildman–Crippen MR) is 56.9 cm³/mol. The van der Waals surface area contributed by atoms with Crippen LogP contribution in [0.15, 0.2) is 10.5 Å². The van der Waals surface area contributed by atoms with Crippen molar-refractivity contribution < 1.29 is 36.1 Å². The summed E-state index contributed by atoms with van der Waals surface area (Å²) < 4.78 is 39.7. The molecule has 0 bridgehead atoms. The molecule has 0 amide bonds. The average molecular weight is 278 g/mol. The summed E-state index contributed by atoms with van der Waals surface area (Å²) in [4.78, 5) is 22.6. The SMILES string of the molecule is COC(=O)c1cc(OS(C)(=O)=O)oc1C(=O)OC. The number of carbonyl (C=O) groups is 2. The van der Waals surface area contributed by atoms with E-state index in [0.29, 0.717) is 0 Å². The van der Waals surface area contributed by atoms with Crippen LogP contribution in [0.1, 0.15) is 20.9 Å². The number of carbonyl (C=O) groups excluding carboxylic acids is 2. The summed E-state index contributed by atoms with van der Waals surface area (Å²) in [6, 6.07) is 0.930. The summed E-state index contributed by atoms with van der Waals surface area (Å²) in [5, 5.41) is 0. The minimum Gasteiger partial charge on any atom is -0.465 e. The largest absolute Gasteiger partial charge is 0.465 e. The van der Waals surface area contributed by atoms with Crippen molar-refractivity contribution in [2.24, 2.45) is 0 Å². The van der Waals surface area contributed by atoms with Gasteiger partial charge in [0.1, 0.15) is 5.56 Å². The standard InChI is InChI=1S/C9H10O8S/c1-14-8(10)5-4-6(17-18(3,12)13)16-7(5)9(11)15-2/h4H,1-3H3. The molecular weight excluding hydrogens is 268 g/mol. The maximum Gasteiger partial charge on any atom is 0.375 e. The van der Waals surface area contributed by atoms with E-state index in [4.69, 9.17) is 4.42 Å². The van der Waals surface area contributed by atoms with E-state index in [-0.39, 0.29) is 5.56 Å². The Morgan fingerprint density at radius 2 is 1.72 bits per heavy atom. The molecule has 0 atom stereocenters. The van der Waals surface area contributed by atoms with Crippen LogP contribution in [0.5, 0.6) is 5.95 Å². The minimum absolute atomic E-state index is 0.289. The van der Waals surface area contributed by atoms with Crippen LogP contribution in [0.3, 0.4) is 0 Å². The van der Waals surface area contributed by atoms with Crippen molar-refractivity contribution in [1.29, 1.82) is 0 Å². The zero-order valence-corrected chi connectivity index (χ0v) is 10.6. The van der Waals surface area contributed by atoms with Crippen LogP contribution in [0.2, 0.25) is 0 Å². The van der Waals surface area contributed by atoms with E-state index in [1.54, 1.807) is 0 Å². The van der Waals surface area contributed by atoms with Crippen molar-refractivity contribution in [2.45, 2.75) is 0 Å². The van der Waals surface area contributed by atoms with Gasteiger partial charge >= 0.3 is 28.0 Å². The minimum atomic E-state index is -3.84. The van der Waals surface area contributed by atoms with Gasteiger partial charge in [0, 0.05) is 6.07 Å². The number of esters is 2. The van der Waals surface area contributed by atoms with Crippen molar-refractivity contribution in [3.05, 3.63) is 17.4 Å². The van der Waals surface area contributed by atoms with Gasteiger partial charge in [-0.15, -0.1) is 0 Å². The molecule has 0 saturated carbocycles. The number of hydrogen-bond acceptors (Lipinski definition) is 8. The normalized spacial score (nSPS) is 10.8. The number of ether oxygens (including phenoxy) is 2. The van der Waals surface area contributed by atoms with Crippen molar-refractivity contribution >= 4 is 22.1 Å². The molecule has 0 aliphatic carbocycles. The fraction of sp³-hybridized carbons (Fsp3) is 0.333. The first-order valence-electron chi connectivity index (χ1n) is 4.48. The summed E-state index contributed by atoms with van der Waals surface area (Å²) >= 11 is 0. The Morgan fingerprint density at radius 3 is 2.17 bits per heavy atom. The molecule has 0 spiro atoms. The molecule has 0 unspecified atom stereocenters. The topological polar surface area (TPSA) is 109 Å². The van der Waals surface area contributed by atoms with Gasteiger partial charge in [-0.3, -0.25) is 0 Å². The molecule has 0 aromatic carbocycles. The number of furan rings is 1. The molecule has 0 fully saturated rings. The molecule has 1 aromatic heterocycles. The molecule has 0 N–H and O–H groups in total. The number of hydrogen-bond donors (Lipinski definition) is 0. The Morgan fingerprint density at radius 1 is 1.17 bits per heavy atom. The Kier molecular flexibility index (Phi) is 3.96. The van der Waals surface area contributed by atoms with Crippen molar-refractivity contribution in [3.63, 3.8) is 0 Å². The Balaban J connectivity index is 3.23. The fourth-order valence-electron chi connectivity index (χ4n) is 1.06. The van der Waals surface area contributed by atoms with Crippen LogP contribution in [-0.4, -0.2) is 40.8 Å². The van der Waals surface area contributed by atoms with E-state index in [0.717, 1.165) is 26.5 Å². The third-order valence-corrected chi connectivity index (χ3v) is 2.19. The summed E-state index contributed by atoms with van der Waals surface area (Å²) in [6.45, 7) is 0. The van der Waals surface area contributed by atoms with Crippen LogP contribution in [0.25, 0.3) is 0 Å². The molecule has 8 nitrogen and oxygen atoms in total. The van der Waals surface area contributed by atoms with Gasteiger partial charge in [-0.1, -0.05) is 0 Å². The van der Waals surface area contributed by atoms with Crippen LogP contribution in [0, 0.1) is 0 Å². The Bertz CT molecular complexity index is 534. The zero-order chi connectivity index (χ0) is 13.9. The average Bonchev–Trinajstić information content (AvgIpc) is 2.68. The maximum atomic E-state index is 11.3. The molecule has 0 aliphatic rings. The lowest BCUT2D eigenvalue weighted by molar-refractivity contribution is 0.0526. The maximum absolute atomic E-state index is 11.3. The van der Waals surface area contributed by atoms with Gasteiger partial charge in [0.25, 0.3) is 0 Å². The van der Waals surface area contributed by atoms with Crippen LogP contribution in [0.4, 0.5) is 0 Å². The first-order valence-corrected chi connectivity index (χ1v) is 6.30. The second-order valence-electron chi connectivity index (χ2n) is 3.08. The lowest BCUT2D eigenvalue weighted by Crippen LogP contribution is -2.08. The second-order valence-corrected chi connectivity index (χ2v) is 4.65. The molecule has 1 aromatic rings. The highest BCUT2D eigenvalue weighted by Gasteiger charge is 2.26. The summed E-state index contributed by atoms with van der Waals surface area (Å²) in [5.41, 5.74) is -0.289. The van der Waals surface area contributed by atoms with E-state index in [2.05, 4.69) is 13.7 Å². The van der Waals surface area contributed by atoms with Gasteiger partial charge in [-0.05, 0) is 0 Å². The third kappa shape index (κ3) is 3.23. The van der Waals surface area contributed by atoms with Crippen LogP contribution >= 0.6 is 0 Å². The second kappa shape index (κ2) is 5.08. The number of rotatable bonds is 4. The van der Waals surface area contributed by atoms with E-state index >= 15 is 0 Å². The van der Waals surface area contributed by atoms with Gasteiger partial charge in [0.2, 0.25) is 5.76 Å². The summed E-state index contributed by atoms with van der Waals surface area (Å²) in [6.07, 6.45) is 0.783. The van der Waals surface area contributed by atoms with Crippen molar-refractivity contribution in [1.82, 2.24) is 0 Å². The molecule has 9 heteroatoms. The quantitative estimate of drug-likeness (QED) is 0.567. The first kappa shape index (κ1) is 14.0. The lowest BCUT2D eigenvalue weighted by atomic mass is 10.2. The Labute approximate surface area is 103 Å². The van der Waals surface area contributed by atoms with Gasteiger partial charge in [-0.25, -0.2) is 9.59 Å². The molecule has 100 valence electrons. The molecular formula is C9H10O8S. The molecule has 1 heterocycles. The van der Waals surface area contributed by atoms with Crippen LogP contribution < -0.4 is 4.18 Å². The van der Waals surface area contributed by atoms with E-state index in [9.17, 15) is 18.0 Å². The molecule has 0 saturated heterocycles. The van der Waals surface area contributed by atoms with Crippen LogP contribution in [-0.2, 0) is 19.6 Å². The molecule has 18 heavy (non-hydrogen) atoms. The summed E-state index contributed by atoms with van der Waals surface area (Å²) in [7, 11) is -1.68. The smallest absolute Gasteiger partial charge is 0.375 e. The van der Waals surface area contributed by atoms with Gasteiger partial charge in [0.05, 0.1) is 20.5 Å². The van der Waals surface area contributed by atoms with E-state index in [1.165, 1.54) is 0 Å². The molecule has 0 aliphatic heterocycles. The number of methoxy groups -OCH3 is 2. The summed E-state index contributed by atoms with van der Waals surface area (Å²) in [5.74, 6) is -2.87. The van der Waals surface area contributed by atoms with Gasteiger partial charge in [0.15, 0.2) is 0 Å². The van der Waals surface area contributed by atoms with Gasteiger partial charge in [-0.2, -0.15) is 8.42 Å². The third-order valence-electron chi connectivity index (χ3n) is 1.72. The van der Waals surface area contributed by atoms with E-state index in [1.807, 2.05) is 0 Å². The van der Waals surface area contributed by atoms with Gasteiger partial charge < -0.3 is 18.1 Å². The van der Waals surface area contributed by atoms with E-state index < -0.39 is 33.8 Å². The fourth-order valence-corrected chi connectivity index (χ4v) is 1.45. The van der Waals surface area contributed by atoms with Crippen molar-refractivity contribution in [2.75, 3.05) is 20.5 Å². The molecule has 1 rings (SSSR count). The first-order chi connectivity index (χ1) is 8.28. The highest BCUT2D eigenvalue weighted by molar-refractivity contribution is 7.86. The highest BCUT2D eigenvalue weighted by Crippen LogP contribution is 2.24. The zero-order valence-electron chi connectivity index (χ0n) is 9.75. The molecule has 0 radical (unpaired) electrons. The Hall–Kier alpha value is -2.03. The van der Waals surface area contributed by atoms with Crippen molar-refractivity contribution in [3.8, 4) is 5.95 Å². The lowest BCUT2D eigenvalue weighted by Gasteiger charge is -1.98.